The molecule has 1 aromatic rings. The highest BCUT2D eigenvalue weighted by Gasteiger charge is 2.24. The zero-order valence-electron chi connectivity index (χ0n) is 11.7. The van der Waals surface area contributed by atoms with Gasteiger partial charge >= 0.3 is 5.97 Å². The van der Waals surface area contributed by atoms with Crippen LogP contribution in [0.2, 0.25) is 0 Å². The van der Waals surface area contributed by atoms with Crippen molar-refractivity contribution in [1.82, 2.24) is 5.32 Å². The number of esters is 1. The number of hydrogen-bond acceptors (Lipinski definition) is 3. The second kappa shape index (κ2) is 7.17. The molecule has 1 N–H and O–H groups in total. The number of methoxy groups -OCH3 is 1. The van der Waals surface area contributed by atoms with E-state index in [2.05, 4.69) is 38.2 Å². The molecule has 0 spiro atoms. The van der Waals surface area contributed by atoms with E-state index in [-0.39, 0.29) is 17.9 Å². The third-order valence-corrected chi connectivity index (χ3v) is 3.44. The minimum atomic E-state index is -0.236. The fourth-order valence-corrected chi connectivity index (χ4v) is 1.91. The van der Waals surface area contributed by atoms with E-state index in [1.807, 2.05) is 12.1 Å². The molecule has 1 rings (SSSR count). The van der Waals surface area contributed by atoms with E-state index in [4.69, 9.17) is 4.74 Å². The van der Waals surface area contributed by atoms with E-state index in [1.54, 1.807) is 0 Å². The van der Waals surface area contributed by atoms with Crippen molar-refractivity contribution in [3.05, 3.63) is 35.4 Å². The summed E-state index contributed by atoms with van der Waals surface area (Å²) in [5.74, 6) is 0.0828. The molecule has 0 bridgehead atoms. The fourth-order valence-electron chi connectivity index (χ4n) is 1.91. The Bertz CT molecular complexity index is 390. The smallest absolute Gasteiger partial charge is 0.323 e. The molecule has 0 aromatic heterocycles. The number of benzene rings is 1. The first-order valence-electron chi connectivity index (χ1n) is 6.45. The average Bonchev–Trinajstić information content (AvgIpc) is 2.40. The first-order valence-corrected chi connectivity index (χ1v) is 6.45. The summed E-state index contributed by atoms with van der Waals surface area (Å²) in [5, 5.41) is 3.30. The van der Waals surface area contributed by atoms with Crippen molar-refractivity contribution in [2.75, 3.05) is 7.11 Å². The summed E-state index contributed by atoms with van der Waals surface area (Å²) in [6.07, 6.45) is 0.945. The van der Waals surface area contributed by atoms with Crippen molar-refractivity contribution in [1.29, 1.82) is 0 Å². The average molecular weight is 249 g/mol. The fraction of sp³-hybridized carbons (Fsp3) is 0.533. The summed E-state index contributed by atoms with van der Waals surface area (Å²) >= 11 is 0. The zero-order valence-corrected chi connectivity index (χ0v) is 11.7. The molecular weight excluding hydrogens is 226 g/mol. The number of nitrogens with one attached hydrogen (secondary N) is 1. The van der Waals surface area contributed by atoms with Crippen LogP contribution in [0, 0.1) is 12.8 Å². The van der Waals surface area contributed by atoms with Crippen LogP contribution in [-0.2, 0) is 16.1 Å². The first kappa shape index (κ1) is 14.7. The maximum atomic E-state index is 11.7. The molecule has 1 aromatic carbocycles. The number of carbonyl (C=O) groups excluding carboxylic acids is 1. The van der Waals surface area contributed by atoms with Crippen LogP contribution < -0.4 is 5.32 Å². The lowest BCUT2D eigenvalue weighted by molar-refractivity contribution is -0.144. The molecule has 3 nitrogen and oxygen atoms in total. The molecule has 0 aliphatic carbocycles. The molecule has 0 fully saturated rings. The number of aryl methyl sites for hydroxylation is 1. The van der Waals surface area contributed by atoms with E-state index in [9.17, 15) is 4.79 Å². The van der Waals surface area contributed by atoms with E-state index >= 15 is 0 Å². The van der Waals surface area contributed by atoms with E-state index in [0.717, 1.165) is 6.42 Å². The lowest BCUT2D eigenvalue weighted by Gasteiger charge is -2.22. The Morgan fingerprint density at radius 3 is 2.61 bits per heavy atom. The van der Waals surface area contributed by atoms with Crippen LogP contribution in [-0.4, -0.2) is 19.1 Å². The van der Waals surface area contributed by atoms with Gasteiger partial charge in [0.25, 0.3) is 0 Å². The normalized spacial score (nSPS) is 14.0. The van der Waals surface area contributed by atoms with Gasteiger partial charge in [-0.15, -0.1) is 0 Å². The van der Waals surface area contributed by atoms with Gasteiger partial charge in [0.2, 0.25) is 0 Å². The quantitative estimate of drug-likeness (QED) is 0.788. The van der Waals surface area contributed by atoms with Gasteiger partial charge in [-0.2, -0.15) is 0 Å². The van der Waals surface area contributed by atoms with Gasteiger partial charge < -0.3 is 10.1 Å². The van der Waals surface area contributed by atoms with Crippen molar-refractivity contribution < 1.29 is 9.53 Å². The molecule has 100 valence electrons. The predicted molar refractivity (Wildman–Crippen MR) is 73.3 cm³/mol. The van der Waals surface area contributed by atoms with Crippen LogP contribution in [0.3, 0.4) is 0 Å². The Labute approximate surface area is 110 Å². The van der Waals surface area contributed by atoms with Crippen LogP contribution in [0.25, 0.3) is 0 Å². The van der Waals surface area contributed by atoms with Crippen LogP contribution >= 0.6 is 0 Å². The van der Waals surface area contributed by atoms with Crippen LogP contribution in [0.4, 0.5) is 0 Å². The SMILES string of the molecule is CCC(C)C(NCc1ccccc1C)C(=O)OC. The summed E-state index contributed by atoms with van der Waals surface area (Å²) in [5.41, 5.74) is 2.45. The number of carbonyl (C=O) groups is 1. The highest BCUT2D eigenvalue weighted by Crippen LogP contribution is 2.12. The highest BCUT2D eigenvalue weighted by atomic mass is 16.5. The monoisotopic (exact) mass is 249 g/mol. The molecular formula is C15H23NO2. The minimum absolute atomic E-state index is 0.182. The number of ether oxygens (including phenoxy) is 1. The first-order chi connectivity index (χ1) is 8.60. The summed E-state index contributed by atoms with van der Waals surface area (Å²) in [7, 11) is 1.44. The molecule has 2 unspecified atom stereocenters. The lowest BCUT2D eigenvalue weighted by atomic mass is 9.98. The second-order valence-electron chi connectivity index (χ2n) is 4.69. The maximum Gasteiger partial charge on any atom is 0.323 e. The molecule has 2 atom stereocenters. The van der Waals surface area contributed by atoms with Crippen molar-refractivity contribution in [3.63, 3.8) is 0 Å². The van der Waals surface area contributed by atoms with Crippen LogP contribution in [0.1, 0.15) is 31.4 Å². The second-order valence-corrected chi connectivity index (χ2v) is 4.69. The summed E-state index contributed by atoms with van der Waals surface area (Å²) in [6, 6.07) is 7.95. The van der Waals surface area contributed by atoms with Crippen molar-refractivity contribution >= 4 is 5.97 Å². The van der Waals surface area contributed by atoms with Gasteiger partial charge in [-0.1, -0.05) is 44.5 Å². The van der Waals surface area contributed by atoms with Gasteiger partial charge in [-0.3, -0.25) is 4.79 Å². The lowest BCUT2D eigenvalue weighted by Crippen LogP contribution is -2.42. The van der Waals surface area contributed by atoms with Crippen molar-refractivity contribution in [3.8, 4) is 0 Å². The van der Waals surface area contributed by atoms with Crippen LogP contribution in [0.5, 0.6) is 0 Å². The number of hydrogen-bond donors (Lipinski definition) is 1. The van der Waals surface area contributed by atoms with Crippen LogP contribution in [0.15, 0.2) is 24.3 Å². The highest BCUT2D eigenvalue weighted by molar-refractivity contribution is 5.75. The largest absolute Gasteiger partial charge is 0.468 e. The van der Waals surface area contributed by atoms with Crippen molar-refractivity contribution in [2.45, 2.75) is 39.8 Å². The third kappa shape index (κ3) is 3.84. The molecule has 0 aliphatic rings. The molecule has 0 heterocycles. The Morgan fingerprint density at radius 1 is 1.39 bits per heavy atom. The summed E-state index contributed by atoms with van der Waals surface area (Å²) < 4.78 is 4.85. The predicted octanol–water partition coefficient (Wildman–Crippen LogP) is 2.67. The maximum absolute atomic E-state index is 11.7. The molecule has 0 aliphatic heterocycles. The Balaban J connectivity index is 2.68. The molecule has 0 saturated carbocycles. The molecule has 0 radical (unpaired) electrons. The summed E-state index contributed by atoms with van der Waals surface area (Å²) in [6.45, 7) is 6.91. The van der Waals surface area contributed by atoms with E-state index in [1.165, 1.54) is 18.2 Å². The van der Waals surface area contributed by atoms with Gasteiger partial charge in [0.15, 0.2) is 0 Å². The Hall–Kier alpha value is -1.35. The van der Waals surface area contributed by atoms with Gasteiger partial charge in [0, 0.05) is 6.54 Å². The topological polar surface area (TPSA) is 38.3 Å². The number of rotatable bonds is 6. The van der Waals surface area contributed by atoms with Gasteiger partial charge in [-0.25, -0.2) is 0 Å². The molecule has 0 saturated heterocycles. The van der Waals surface area contributed by atoms with E-state index < -0.39 is 0 Å². The zero-order chi connectivity index (χ0) is 13.5. The van der Waals surface area contributed by atoms with Gasteiger partial charge in [-0.05, 0) is 24.0 Å². The summed E-state index contributed by atoms with van der Waals surface area (Å²) in [4.78, 5) is 11.7. The molecule has 0 amide bonds. The van der Waals surface area contributed by atoms with Crippen molar-refractivity contribution in [2.24, 2.45) is 5.92 Å². The minimum Gasteiger partial charge on any atom is -0.468 e. The third-order valence-electron chi connectivity index (χ3n) is 3.44. The standard InChI is InChI=1S/C15H23NO2/c1-5-11(2)14(15(17)18-4)16-10-13-9-7-6-8-12(13)3/h6-9,11,14,16H,5,10H2,1-4H3. The Morgan fingerprint density at radius 2 is 2.06 bits per heavy atom. The molecule has 3 heteroatoms. The van der Waals surface area contributed by atoms with Gasteiger partial charge in [0.1, 0.15) is 6.04 Å². The Kier molecular flexibility index (Phi) is 5.86. The molecule has 18 heavy (non-hydrogen) atoms. The van der Waals surface area contributed by atoms with Gasteiger partial charge in [0.05, 0.1) is 7.11 Å². The van der Waals surface area contributed by atoms with E-state index in [0.29, 0.717) is 6.54 Å².